The van der Waals surface area contributed by atoms with E-state index in [1.807, 2.05) is 53.4 Å². The van der Waals surface area contributed by atoms with Gasteiger partial charge in [0.05, 0.1) is 25.5 Å². The normalized spacial score (nSPS) is 15.7. The van der Waals surface area contributed by atoms with Gasteiger partial charge in [0.2, 0.25) is 0 Å². The highest BCUT2D eigenvalue weighted by atomic mass is 16.5. The first kappa shape index (κ1) is 21.9. The van der Waals surface area contributed by atoms with Gasteiger partial charge >= 0.3 is 0 Å². The maximum atomic E-state index is 13.5. The number of methoxy groups -OCH3 is 1. The number of amides is 1. The Morgan fingerprint density at radius 1 is 1.09 bits per heavy atom. The van der Waals surface area contributed by atoms with E-state index in [-0.39, 0.29) is 17.5 Å². The molecule has 6 heteroatoms. The van der Waals surface area contributed by atoms with Gasteiger partial charge in [-0.1, -0.05) is 49.7 Å². The molecule has 0 aliphatic carbocycles. The number of ether oxygens (including phenoxy) is 2. The summed E-state index contributed by atoms with van der Waals surface area (Å²) in [6, 6.07) is 15.6. The quantitative estimate of drug-likeness (QED) is 0.492. The average Bonchev–Trinajstić information content (AvgIpc) is 3.33. The van der Waals surface area contributed by atoms with Crippen LogP contribution < -0.4 is 9.47 Å². The molecule has 1 aliphatic heterocycles. The fourth-order valence-electron chi connectivity index (χ4n) is 4.27. The van der Waals surface area contributed by atoms with Crippen molar-refractivity contribution in [1.82, 2.24) is 15.1 Å². The Kier molecular flexibility index (Phi) is 5.96. The molecule has 32 heavy (non-hydrogen) atoms. The van der Waals surface area contributed by atoms with Gasteiger partial charge in [0, 0.05) is 16.7 Å². The second-order valence-corrected chi connectivity index (χ2v) is 9.09. The number of rotatable bonds is 7. The third-order valence-corrected chi connectivity index (χ3v) is 5.80. The van der Waals surface area contributed by atoms with Crippen LogP contribution in [-0.4, -0.2) is 40.3 Å². The van der Waals surface area contributed by atoms with Gasteiger partial charge in [-0.15, -0.1) is 0 Å². The lowest BCUT2D eigenvalue weighted by Crippen LogP contribution is -2.44. The predicted octanol–water partition coefficient (Wildman–Crippen LogP) is 5.61. The van der Waals surface area contributed by atoms with E-state index in [0.717, 1.165) is 35.2 Å². The number of fused-ring (bicyclic) bond motifs is 1. The summed E-state index contributed by atoms with van der Waals surface area (Å²) in [5.74, 6) is 1.33. The molecule has 0 saturated heterocycles. The summed E-state index contributed by atoms with van der Waals surface area (Å²) in [4.78, 5) is 15.4. The fourth-order valence-corrected chi connectivity index (χ4v) is 4.27. The Morgan fingerprint density at radius 2 is 1.84 bits per heavy atom. The van der Waals surface area contributed by atoms with E-state index in [0.29, 0.717) is 23.8 Å². The van der Waals surface area contributed by atoms with Crippen molar-refractivity contribution in [1.29, 1.82) is 0 Å². The van der Waals surface area contributed by atoms with Gasteiger partial charge in [-0.25, -0.2) is 0 Å². The summed E-state index contributed by atoms with van der Waals surface area (Å²) < 4.78 is 11.6. The molecule has 1 N–H and O–H groups in total. The first-order valence-corrected chi connectivity index (χ1v) is 11.1. The molecule has 1 unspecified atom stereocenters. The van der Waals surface area contributed by atoms with Gasteiger partial charge in [0.15, 0.2) is 11.5 Å². The molecule has 6 nitrogen and oxygen atoms in total. The summed E-state index contributed by atoms with van der Waals surface area (Å²) in [5, 5.41) is 7.55. The highest BCUT2D eigenvalue weighted by Crippen LogP contribution is 2.47. The number of nitrogens with one attached hydrogen (secondary N) is 1. The van der Waals surface area contributed by atoms with Crippen LogP contribution in [0.1, 0.15) is 68.2 Å². The standard InChI is InChI=1S/C26H31N3O3/c1-6-7-15-32-19-14-13-18(16-20(19)31-5)24-21-22(17-11-9-8-10-12-17)27-28-23(21)25(30)29(24)26(2,3)4/h8-14,16,24H,6-7,15H2,1-5H3,(H,27,28). The summed E-state index contributed by atoms with van der Waals surface area (Å²) in [5.41, 5.74) is 3.80. The summed E-state index contributed by atoms with van der Waals surface area (Å²) >= 11 is 0. The zero-order valence-corrected chi connectivity index (χ0v) is 19.4. The van der Waals surface area contributed by atoms with E-state index in [1.165, 1.54) is 0 Å². The second kappa shape index (κ2) is 8.69. The van der Waals surface area contributed by atoms with Crippen LogP contribution in [0.5, 0.6) is 11.5 Å². The van der Waals surface area contributed by atoms with Crippen LogP contribution in [0.2, 0.25) is 0 Å². The van der Waals surface area contributed by atoms with Gasteiger partial charge in [0.25, 0.3) is 5.91 Å². The molecule has 0 radical (unpaired) electrons. The van der Waals surface area contributed by atoms with Crippen LogP contribution >= 0.6 is 0 Å². The zero-order chi connectivity index (χ0) is 22.9. The first-order chi connectivity index (χ1) is 15.4. The van der Waals surface area contributed by atoms with Crippen molar-refractivity contribution in [2.45, 2.75) is 52.1 Å². The van der Waals surface area contributed by atoms with E-state index in [2.05, 4.69) is 37.9 Å². The molecular formula is C26H31N3O3. The number of hydrogen-bond acceptors (Lipinski definition) is 4. The molecule has 1 aromatic heterocycles. The third-order valence-electron chi connectivity index (χ3n) is 5.80. The largest absolute Gasteiger partial charge is 0.493 e. The SMILES string of the molecule is CCCCOc1ccc(C2c3c(-c4ccccc4)n[nH]c3C(=O)N2C(C)(C)C)cc1OC. The minimum Gasteiger partial charge on any atom is -0.493 e. The van der Waals surface area contributed by atoms with Crippen molar-refractivity contribution in [3.63, 3.8) is 0 Å². The van der Waals surface area contributed by atoms with Gasteiger partial charge in [-0.3, -0.25) is 9.89 Å². The highest BCUT2D eigenvalue weighted by Gasteiger charge is 2.46. The minimum absolute atomic E-state index is 0.0468. The molecule has 168 valence electrons. The molecule has 1 atom stereocenters. The van der Waals surface area contributed by atoms with Crippen molar-refractivity contribution >= 4 is 5.91 Å². The van der Waals surface area contributed by atoms with Gasteiger partial charge in [0.1, 0.15) is 5.69 Å². The molecule has 0 spiro atoms. The van der Waals surface area contributed by atoms with Gasteiger partial charge < -0.3 is 14.4 Å². The lowest BCUT2D eigenvalue weighted by atomic mass is 9.93. The topological polar surface area (TPSA) is 67.5 Å². The van der Waals surface area contributed by atoms with Crippen molar-refractivity contribution in [2.75, 3.05) is 13.7 Å². The first-order valence-electron chi connectivity index (χ1n) is 11.1. The van der Waals surface area contributed by atoms with Gasteiger partial charge in [-0.05, 0) is 44.9 Å². The molecule has 1 aliphatic rings. The highest BCUT2D eigenvalue weighted by molar-refractivity contribution is 6.00. The van der Waals surface area contributed by atoms with Crippen molar-refractivity contribution in [3.8, 4) is 22.8 Å². The Hall–Kier alpha value is -3.28. The predicted molar refractivity (Wildman–Crippen MR) is 125 cm³/mol. The molecule has 2 aromatic carbocycles. The molecule has 1 amide bonds. The van der Waals surface area contributed by atoms with E-state index >= 15 is 0 Å². The number of benzene rings is 2. The Morgan fingerprint density at radius 3 is 2.50 bits per heavy atom. The van der Waals surface area contributed by atoms with Crippen LogP contribution in [0.25, 0.3) is 11.3 Å². The van der Waals surface area contributed by atoms with Crippen LogP contribution in [0.4, 0.5) is 0 Å². The zero-order valence-electron chi connectivity index (χ0n) is 19.4. The monoisotopic (exact) mass is 433 g/mol. The molecule has 0 fully saturated rings. The second-order valence-electron chi connectivity index (χ2n) is 9.09. The average molecular weight is 434 g/mol. The number of carbonyl (C=O) groups is 1. The Balaban J connectivity index is 1.83. The summed E-state index contributed by atoms with van der Waals surface area (Å²) in [6.45, 7) is 8.94. The van der Waals surface area contributed by atoms with E-state index in [4.69, 9.17) is 9.47 Å². The molecular weight excluding hydrogens is 402 g/mol. The summed E-state index contributed by atoms with van der Waals surface area (Å²) in [7, 11) is 1.64. The minimum atomic E-state index is -0.390. The van der Waals surface area contributed by atoms with E-state index < -0.39 is 0 Å². The van der Waals surface area contributed by atoms with Crippen molar-refractivity contribution < 1.29 is 14.3 Å². The van der Waals surface area contributed by atoms with Gasteiger partial charge in [-0.2, -0.15) is 5.10 Å². The number of aromatic nitrogens is 2. The van der Waals surface area contributed by atoms with Crippen LogP contribution in [-0.2, 0) is 0 Å². The number of H-pyrrole nitrogens is 1. The van der Waals surface area contributed by atoms with Crippen LogP contribution in [0, 0.1) is 0 Å². The maximum absolute atomic E-state index is 13.5. The van der Waals surface area contributed by atoms with Crippen molar-refractivity contribution in [2.24, 2.45) is 0 Å². The maximum Gasteiger partial charge on any atom is 0.273 e. The number of aromatic amines is 1. The lowest BCUT2D eigenvalue weighted by Gasteiger charge is -2.38. The van der Waals surface area contributed by atoms with E-state index in [1.54, 1.807) is 7.11 Å². The van der Waals surface area contributed by atoms with Crippen LogP contribution in [0.15, 0.2) is 48.5 Å². The molecule has 0 saturated carbocycles. The van der Waals surface area contributed by atoms with Crippen LogP contribution in [0.3, 0.4) is 0 Å². The van der Waals surface area contributed by atoms with Crippen molar-refractivity contribution in [3.05, 3.63) is 65.4 Å². The molecule has 2 heterocycles. The number of hydrogen-bond donors (Lipinski definition) is 1. The van der Waals surface area contributed by atoms with E-state index in [9.17, 15) is 4.79 Å². The molecule has 4 rings (SSSR count). The fraction of sp³-hybridized carbons (Fsp3) is 0.385. The Bertz CT molecular complexity index is 1100. The summed E-state index contributed by atoms with van der Waals surface area (Å²) in [6.07, 6.45) is 2.05. The smallest absolute Gasteiger partial charge is 0.273 e. The third kappa shape index (κ3) is 3.85. The lowest BCUT2D eigenvalue weighted by molar-refractivity contribution is 0.0545. The Labute approximate surface area is 189 Å². The number of carbonyl (C=O) groups excluding carboxylic acids is 1. The number of nitrogens with zero attached hydrogens (tertiary/aromatic N) is 2. The molecule has 0 bridgehead atoms. The molecule has 3 aromatic rings. The number of unbranched alkanes of at least 4 members (excludes halogenated alkanes) is 1.